The molecule has 0 spiro atoms. The zero-order valence-electron chi connectivity index (χ0n) is 11.3. The molecule has 0 aliphatic rings. The fraction of sp³-hybridized carbons (Fsp3) is 1.00. The lowest BCUT2D eigenvalue weighted by Gasteiger charge is -2.33. The predicted molar refractivity (Wildman–Crippen MR) is 62.1 cm³/mol. The lowest BCUT2D eigenvalue weighted by Crippen LogP contribution is -2.59. The lowest BCUT2D eigenvalue weighted by molar-refractivity contribution is -0.381. The minimum atomic E-state index is -6.88. The summed E-state index contributed by atoms with van der Waals surface area (Å²) < 4.78 is 122. The summed E-state index contributed by atoms with van der Waals surface area (Å²) in [5, 5.41) is 2.68. The standard InChI is InChI=1S/C10H13F9O3S/c11-7(12,9(15,16)17)8(13,14)10(18,19)23-6-5-22-4-3-21-2-1-20/h20H,1-6H2. The average Bonchev–Trinajstić information content (AvgIpc) is 2.40. The van der Waals surface area contributed by atoms with E-state index < -0.39 is 47.4 Å². The number of hydrogen-bond acceptors (Lipinski definition) is 4. The van der Waals surface area contributed by atoms with Gasteiger partial charge in [0.25, 0.3) is 0 Å². The Morgan fingerprint density at radius 3 is 1.61 bits per heavy atom. The minimum absolute atomic E-state index is 0.0189. The van der Waals surface area contributed by atoms with Gasteiger partial charge in [-0.05, 0) is 0 Å². The maximum atomic E-state index is 13.0. The molecule has 0 atom stereocenters. The zero-order valence-corrected chi connectivity index (χ0v) is 12.1. The molecule has 0 saturated heterocycles. The van der Waals surface area contributed by atoms with Gasteiger partial charge in [0, 0.05) is 5.75 Å². The molecule has 0 aromatic heterocycles. The molecule has 23 heavy (non-hydrogen) atoms. The number of thioether (sulfide) groups is 1. The molecule has 0 aromatic rings. The molecule has 0 rings (SSSR count). The minimum Gasteiger partial charge on any atom is -0.394 e. The molecule has 0 fully saturated rings. The number of alkyl halides is 9. The first-order valence-electron chi connectivity index (χ1n) is 5.91. The smallest absolute Gasteiger partial charge is 0.394 e. The highest BCUT2D eigenvalue weighted by Crippen LogP contribution is 2.56. The summed E-state index contributed by atoms with van der Waals surface area (Å²) in [5.74, 6) is -14.4. The third-order valence-corrected chi connectivity index (χ3v) is 3.22. The summed E-state index contributed by atoms with van der Waals surface area (Å²) in [6.07, 6.45) is -6.82. The molecule has 13 heteroatoms. The van der Waals surface area contributed by atoms with Crippen LogP contribution in [-0.2, 0) is 9.47 Å². The van der Waals surface area contributed by atoms with Crippen LogP contribution in [0.3, 0.4) is 0 Å². The van der Waals surface area contributed by atoms with E-state index in [-0.39, 0.29) is 26.4 Å². The number of ether oxygens (including phenoxy) is 2. The highest BCUT2D eigenvalue weighted by atomic mass is 32.2. The summed E-state index contributed by atoms with van der Waals surface area (Å²) >= 11 is -1.07. The average molecular weight is 384 g/mol. The summed E-state index contributed by atoms with van der Waals surface area (Å²) in [5.41, 5.74) is 0. The number of hydrogen-bond donors (Lipinski definition) is 1. The summed E-state index contributed by atoms with van der Waals surface area (Å²) in [6.45, 7) is -1.11. The first kappa shape index (κ1) is 22.6. The van der Waals surface area contributed by atoms with Crippen molar-refractivity contribution in [1.82, 2.24) is 0 Å². The van der Waals surface area contributed by atoms with Gasteiger partial charge in [0.15, 0.2) is 0 Å². The Morgan fingerprint density at radius 2 is 1.17 bits per heavy atom. The van der Waals surface area contributed by atoms with E-state index >= 15 is 0 Å². The number of halogens is 9. The molecule has 0 aliphatic heterocycles. The van der Waals surface area contributed by atoms with E-state index in [0.29, 0.717) is 0 Å². The van der Waals surface area contributed by atoms with Crippen molar-refractivity contribution in [2.24, 2.45) is 0 Å². The molecular weight excluding hydrogens is 371 g/mol. The Balaban J connectivity index is 4.41. The molecule has 140 valence electrons. The van der Waals surface area contributed by atoms with Crippen molar-refractivity contribution in [2.75, 3.05) is 38.8 Å². The Labute approximate surface area is 129 Å². The Morgan fingerprint density at radius 1 is 0.696 bits per heavy atom. The van der Waals surface area contributed by atoms with Gasteiger partial charge in [-0.15, -0.1) is 0 Å². The molecule has 0 aromatic carbocycles. The van der Waals surface area contributed by atoms with E-state index in [1.54, 1.807) is 0 Å². The third kappa shape index (κ3) is 5.87. The van der Waals surface area contributed by atoms with E-state index in [1.807, 2.05) is 0 Å². The van der Waals surface area contributed by atoms with E-state index in [2.05, 4.69) is 4.74 Å². The van der Waals surface area contributed by atoms with Gasteiger partial charge in [-0.25, -0.2) is 0 Å². The molecule has 1 N–H and O–H groups in total. The summed E-state index contributed by atoms with van der Waals surface area (Å²) in [7, 11) is 0. The van der Waals surface area contributed by atoms with Crippen molar-refractivity contribution < 1.29 is 54.1 Å². The van der Waals surface area contributed by atoms with Gasteiger partial charge in [-0.3, -0.25) is 0 Å². The molecule has 0 amide bonds. The van der Waals surface area contributed by atoms with Crippen LogP contribution in [0.25, 0.3) is 0 Å². The zero-order chi connectivity index (χ0) is 18.4. The fourth-order valence-electron chi connectivity index (χ4n) is 1.07. The molecule has 0 bridgehead atoms. The van der Waals surface area contributed by atoms with Crippen LogP contribution in [0, 0.1) is 0 Å². The molecule has 0 saturated carbocycles. The Hall–Kier alpha value is -0.400. The maximum Gasteiger partial charge on any atom is 0.460 e. The van der Waals surface area contributed by atoms with Crippen molar-refractivity contribution >= 4 is 11.8 Å². The Bertz CT molecular complexity index is 349. The molecule has 0 unspecified atom stereocenters. The van der Waals surface area contributed by atoms with Crippen molar-refractivity contribution in [3.8, 4) is 0 Å². The normalized spacial score (nSPS) is 14.3. The van der Waals surface area contributed by atoms with Gasteiger partial charge in [-0.1, -0.05) is 11.8 Å². The predicted octanol–water partition coefficient (Wildman–Crippen LogP) is 3.17. The van der Waals surface area contributed by atoms with E-state index in [0.717, 1.165) is 0 Å². The molecule has 0 aliphatic carbocycles. The van der Waals surface area contributed by atoms with Gasteiger partial charge in [0.05, 0.1) is 33.0 Å². The second-order valence-electron chi connectivity index (χ2n) is 3.96. The van der Waals surface area contributed by atoms with Gasteiger partial charge < -0.3 is 14.6 Å². The van der Waals surface area contributed by atoms with E-state index in [9.17, 15) is 39.5 Å². The summed E-state index contributed by atoms with van der Waals surface area (Å²) in [6, 6.07) is 0. The van der Waals surface area contributed by atoms with E-state index in [4.69, 9.17) is 9.84 Å². The second kappa shape index (κ2) is 8.62. The quantitative estimate of drug-likeness (QED) is 0.439. The van der Waals surface area contributed by atoms with Crippen LogP contribution >= 0.6 is 11.8 Å². The van der Waals surface area contributed by atoms with Gasteiger partial charge in [0.1, 0.15) is 0 Å². The Kier molecular flexibility index (Phi) is 8.47. The van der Waals surface area contributed by atoms with Crippen LogP contribution in [0.4, 0.5) is 39.5 Å². The lowest BCUT2D eigenvalue weighted by atomic mass is 10.1. The topological polar surface area (TPSA) is 38.7 Å². The number of rotatable bonds is 11. The van der Waals surface area contributed by atoms with Crippen LogP contribution in [-0.4, -0.2) is 67.2 Å². The monoisotopic (exact) mass is 384 g/mol. The van der Waals surface area contributed by atoms with Crippen LogP contribution in [0.15, 0.2) is 0 Å². The van der Waals surface area contributed by atoms with Crippen molar-refractivity contribution in [3.05, 3.63) is 0 Å². The van der Waals surface area contributed by atoms with Crippen LogP contribution in [0.1, 0.15) is 0 Å². The van der Waals surface area contributed by atoms with Gasteiger partial charge in [-0.2, -0.15) is 39.5 Å². The SMILES string of the molecule is OCCOCCOCCSC(F)(F)C(F)(F)C(F)(F)C(F)(F)F. The molecule has 0 heterocycles. The van der Waals surface area contributed by atoms with Crippen molar-refractivity contribution in [1.29, 1.82) is 0 Å². The first-order chi connectivity index (χ1) is 10.3. The number of aliphatic hydroxyl groups is 1. The molecule has 3 nitrogen and oxygen atoms in total. The maximum absolute atomic E-state index is 13.0. The third-order valence-electron chi connectivity index (χ3n) is 2.23. The van der Waals surface area contributed by atoms with Crippen LogP contribution in [0.5, 0.6) is 0 Å². The molecule has 0 radical (unpaired) electrons. The van der Waals surface area contributed by atoms with Crippen molar-refractivity contribution in [2.45, 2.75) is 23.3 Å². The number of aliphatic hydroxyl groups excluding tert-OH is 1. The van der Waals surface area contributed by atoms with Crippen molar-refractivity contribution in [3.63, 3.8) is 0 Å². The van der Waals surface area contributed by atoms with Crippen LogP contribution in [0.2, 0.25) is 0 Å². The summed E-state index contributed by atoms with van der Waals surface area (Å²) in [4.78, 5) is 0. The van der Waals surface area contributed by atoms with Gasteiger partial charge >= 0.3 is 23.3 Å². The fourth-order valence-corrected chi connectivity index (χ4v) is 1.83. The first-order valence-corrected chi connectivity index (χ1v) is 6.90. The highest BCUT2D eigenvalue weighted by Gasteiger charge is 2.81. The van der Waals surface area contributed by atoms with E-state index in [1.165, 1.54) is 0 Å². The molecular formula is C10H13F9O3S. The van der Waals surface area contributed by atoms with Crippen LogP contribution < -0.4 is 0 Å². The van der Waals surface area contributed by atoms with Gasteiger partial charge in [0.2, 0.25) is 0 Å². The highest BCUT2D eigenvalue weighted by molar-refractivity contribution is 8.00. The second-order valence-corrected chi connectivity index (χ2v) is 5.17. The largest absolute Gasteiger partial charge is 0.460 e.